The van der Waals surface area contributed by atoms with Crippen LogP contribution in [0.5, 0.6) is 0 Å². The van der Waals surface area contributed by atoms with E-state index < -0.39 is 0 Å². The number of rotatable bonds is 24. The summed E-state index contributed by atoms with van der Waals surface area (Å²) in [4.78, 5) is 63.1. The van der Waals surface area contributed by atoms with Gasteiger partial charge in [-0.1, -0.05) is 161 Å². The van der Waals surface area contributed by atoms with Crippen LogP contribution in [0.4, 0.5) is 29.0 Å². The summed E-state index contributed by atoms with van der Waals surface area (Å²) in [6.45, 7) is 7.42. The van der Waals surface area contributed by atoms with Crippen LogP contribution in [-0.4, -0.2) is 76.8 Å². The summed E-state index contributed by atoms with van der Waals surface area (Å²) >= 11 is 12.0. The number of unbranched alkanes of at least 4 members (excludes halogenated alkanes) is 3. The number of nitrogens with one attached hydrogen (secondary N) is 2. The monoisotopic (exact) mass is 1270 g/mol. The highest BCUT2D eigenvalue weighted by Crippen LogP contribution is 2.34. The molecule has 92 heavy (non-hydrogen) atoms. The molecule has 0 saturated carbocycles. The Morgan fingerprint density at radius 2 is 0.717 bits per heavy atom. The fourth-order valence-corrected chi connectivity index (χ4v) is 10.0. The largest absolute Gasteiger partial charge is 0.462 e. The van der Waals surface area contributed by atoms with E-state index in [-0.39, 0.29) is 40.6 Å². The lowest BCUT2D eigenvalue weighted by atomic mass is 9.98. The van der Waals surface area contributed by atoms with Crippen LogP contribution in [0, 0.1) is 0 Å². The van der Waals surface area contributed by atoms with Gasteiger partial charge in [0.1, 0.15) is 0 Å². The molecule has 0 bridgehead atoms. The maximum atomic E-state index is 12.5. The van der Waals surface area contributed by atoms with Gasteiger partial charge in [-0.2, -0.15) is 29.9 Å². The summed E-state index contributed by atoms with van der Waals surface area (Å²) in [5.74, 6) is 0.475. The summed E-state index contributed by atoms with van der Waals surface area (Å²) in [6.07, 6.45) is 9.50. The van der Waals surface area contributed by atoms with E-state index in [0.717, 1.165) is 72.2 Å². The van der Waals surface area contributed by atoms with Gasteiger partial charge in [-0.05, 0) is 162 Å². The zero-order valence-corrected chi connectivity index (χ0v) is 52.8. The van der Waals surface area contributed by atoms with Crippen LogP contribution in [0.15, 0.2) is 231 Å². The van der Waals surface area contributed by atoms with Crippen molar-refractivity contribution in [2.75, 3.05) is 36.2 Å². The lowest BCUT2D eigenvalue weighted by molar-refractivity contribution is 0.0490. The number of anilines is 5. The first-order chi connectivity index (χ1) is 45.0. The standard InChI is InChI=1S/C42H42N6O4.C20H14Cl2N4.C11H15NO2/c1-3-5-28-51-39(49)32-19-23-34(24-20-32)43-41-45-38(46-42(47-41)44-35-25-21-33(22-26-35)40(50)52-29-6-4-2)36-18-13-27-48(36)37(30-14-9-7-10-15-30)31-16-11-8-12-17-31;21-19-23-18(24-20(22)25-19)16-12-7-13-26(16)17(14-8-3-1-4-9-14)15-10-5-2-6-11-15;1-2-3-8-14-11(13)9-4-6-10(12)7-5-9/h7-27,37H,3-6,28-29H2,1-2H3,(H2,43,44,45,46,47);1-13,17H;4-7H,2-3,8,12H2,1H3. The van der Waals surface area contributed by atoms with Crippen LogP contribution in [0.3, 0.4) is 0 Å². The minimum atomic E-state index is -0.360. The van der Waals surface area contributed by atoms with Crippen LogP contribution in [0.1, 0.15) is 125 Å². The smallest absolute Gasteiger partial charge is 0.338 e. The zero-order valence-electron chi connectivity index (χ0n) is 51.3. The maximum absolute atomic E-state index is 12.5. The third kappa shape index (κ3) is 18.6. The van der Waals surface area contributed by atoms with Gasteiger partial charge in [0.05, 0.1) is 60.0 Å². The number of hydrogen-bond acceptors (Lipinski definition) is 15. The highest BCUT2D eigenvalue weighted by molar-refractivity contribution is 6.31. The Hall–Kier alpha value is -10.5. The number of halogens is 2. The number of carbonyl (C=O) groups excluding carboxylic acids is 3. The number of nitrogens with two attached hydrogens (primary N) is 1. The first-order valence-electron chi connectivity index (χ1n) is 30.5. The van der Waals surface area contributed by atoms with Gasteiger partial charge in [0.25, 0.3) is 0 Å². The quantitative estimate of drug-likeness (QED) is 0.0222. The minimum absolute atomic E-state index is 0.0308. The van der Waals surface area contributed by atoms with Crippen molar-refractivity contribution in [3.8, 4) is 23.0 Å². The van der Waals surface area contributed by atoms with Crippen LogP contribution in [-0.2, 0) is 14.2 Å². The highest BCUT2D eigenvalue weighted by Gasteiger charge is 2.23. The second-order valence-corrected chi connectivity index (χ2v) is 21.7. The molecule has 19 heteroatoms. The number of aromatic nitrogens is 8. The van der Waals surface area contributed by atoms with Crippen LogP contribution in [0.25, 0.3) is 23.0 Å². The van der Waals surface area contributed by atoms with Gasteiger partial charge in [0.15, 0.2) is 11.6 Å². The lowest BCUT2D eigenvalue weighted by Gasteiger charge is -2.23. The summed E-state index contributed by atoms with van der Waals surface area (Å²) < 4.78 is 20.0. The van der Waals surface area contributed by atoms with Crippen LogP contribution in [0.2, 0.25) is 10.6 Å². The molecule has 17 nitrogen and oxygen atoms in total. The second kappa shape index (κ2) is 33.9. The molecule has 0 aliphatic carbocycles. The maximum Gasteiger partial charge on any atom is 0.338 e. The van der Waals surface area contributed by atoms with E-state index in [1.54, 1.807) is 72.8 Å². The summed E-state index contributed by atoms with van der Waals surface area (Å²) in [7, 11) is 0. The Balaban J connectivity index is 0.000000204. The molecular weight excluding hydrogens is 1200 g/mol. The molecule has 4 N–H and O–H groups in total. The number of nitrogen functional groups attached to an aromatic ring is 1. The first kappa shape index (κ1) is 65.9. The molecule has 0 spiro atoms. The molecule has 0 aliphatic rings. The molecule has 0 aliphatic heterocycles. The number of benzene rings is 7. The third-order valence-electron chi connectivity index (χ3n) is 14.3. The zero-order chi connectivity index (χ0) is 64.4. The first-order valence-corrected chi connectivity index (χ1v) is 31.2. The van der Waals surface area contributed by atoms with E-state index in [4.69, 9.17) is 58.1 Å². The van der Waals surface area contributed by atoms with Crippen molar-refractivity contribution in [2.45, 2.75) is 71.4 Å². The molecular formula is C73H71Cl2N11O6. The average Bonchev–Trinajstić information content (AvgIpc) is 1.57. The van der Waals surface area contributed by atoms with E-state index >= 15 is 0 Å². The molecule has 0 fully saturated rings. The van der Waals surface area contributed by atoms with Crippen molar-refractivity contribution >= 4 is 70.1 Å². The predicted molar refractivity (Wildman–Crippen MR) is 363 cm³/mol. The van der Waals surface area contributed by atoms with E-state index in [2.05, 4.69) is 90.2 Å². The number of esters is 3. The molecule has 0 radical (unpaired) electrons. The molecule has 0 saturated heterocycles. The van der Waals surface area contributed by atoms with Gasteiger partial charge in [-0.25, -0.2) is 14.4 Å². The van der Waals surface area contributed by atoms with Gasteiger partial charge < -0.3 is 39.7 Å². The number of ether oxygens (including phenoxy) is 3. The van der Waals surface area contributed by atoms with E-state index in [1.807, 2.05) is 123 Å². The lowest BCUT2D eigenvalue weighted by Crippen LogP contribution is -2.14. The van der Waals surface area contributed by atoms with Crippen LogP contribution < -0.4 is 16.4 Å². The van der Waals surface area contributed by atoms with Crippen molar-refractivity contribution in [1.82, 2.24) is 39.0 Å². The van der Waals surface area contributed by atoms with Crippen LogP contribution >= 0.6 is 23.2 Å². The van der Waals surface area contributed by atoms with Gasteiger partial charge in [-0.3, -0.25) is 0 Å². The Morgan fingerprint density at radius 3 is 1.04 bits per heavy atom. The Labute approximate surface area is 545 Å². The van der Waals surface area contributed by atoms with Crippen molar-refractivity contribution < 1.29 is 28.6 Å². The van der Waals surface area contributed by atoms with Crippen molar-refractivity contribution in [3.05, 3.63) is 280 Å². The average molecular weight is 1270 g/mol. The van der Waals surface area contributed by atoms with Gasteiger partial charge in [-0.15, -0.1) is 0 Å². The molecule has 0 unspecified atom stereocenters. The molecule has 0 amide bonds. The molecule has 468 valence electrons. The van der Waals surface area contributed by atoms with Crippen molar-refractivity contribution in [3.63, 3.8) is 0 Å². The van der Waals surface area contributed by atoms with Gasteiger partial charge in [0, 0.05) is 29.5 Å². The fourth-order valence-electron chi connectivity index (χ4n) is 9.66. The molecule has 11 aromatic rings. The van der Waals surface area contributed by atoms with Crippen molar-refractivity contribution in [2.24, 2.45) is 0 Å². The van der Waals surface area contributed by atoms with E-state index in [0.29, 0.717) is 77.1 Å². The summed E-state index contributed by atoms with van der Waals surface area (Å²) in [6, 6.07) is 69.6. The molecule has 7 aromatic carbocycles. The second-order valence-electron chi connectivity index (χ2n) is 21.0. The summed E-state index contributed by atoms with van der Waals surface area (Å²) in [5.41, 5.74) is 15.1. The third-order valence-corrected chi connectivity index (χ3v) is 14.7. The van der Waals surface area contributed by atoms with Crippen molar-refractivity contribution in [1.29, 1.82) is 0 Å². The van der Waals surface area contributed by atoms with E-state index in [1.165, 1.54) is 0 Å². The Kier molecular flexibility index (Phi) is 24.3. The molecule has 4 heterocycles. The molecule has 0 atom stereocenters. The normalized spacial score (nSPS) is 10.8. The fraction of sp³-hybridized carbons (Fsp3) is 0.192. The highest BCUT2D eigenvalue weighted by atomic mass is 35.5. The Morgan fingerprint density at radius 1 is 0.402 bits per heavy atom. The number of hydrogen-bond donors (Lipinski definition) is 3. The van der Waals surface area contributed by atoms with Gasteiger partial charge >= 0.3 is 17.9 Å². The Bertz CT molecular complexity index is 3900. The minimum Gasteiger partial charge on any atom is -0.462 e. The predicted octanol–water partition coefficient (Wildman–Crippen LogP) is 16.9. The molecule has 4 aromatic heterocycles. The van der Waals surface area contributed by atoms with E-state index in [9.17, 15) is 14.4 Å². The topological polar surface area (TPSA) is 216 Å². The number of nitrogens with zero attached hydrogens (tertiary/aromatic N) is 8. The SMILES string of the molecule is CCCCOC(=O)c1ccc(N)cc1.CCCCOC(=O)c1ccc(Nc2nc(Nc3ccc(C(=O)OCCCC)cc3)nc(-c3cccn3C(c3ccccc3)c3ccccc3)n2)cc1.Clc1nc(Cl)nc(-c2cccn2C(c2ccccc2)c2ccccc2)n1. The molecule has 11 rings (SSSR count). The van der Waals surface area contributed by atoms with Gasteiger partial charge in [0.2, 0.25) is 22.5 Å². The summed E-state index contributed by atoms with van der Waals surface area (Å²) in [5, 5.41) is 6.72. The number of carbonyl (C=O) groups is 3.